The van der Waals surface area contributed by atoms with Gasteiger partial charge in [0.2, 0.25) is 0 Å². The highest BCUT2D eigenvalue weighted by molar-refractivity contribution is 5.90. The molecule has 0 saturated carbocycles. The zero-order valence-electron chi connectivity index (χ0n) is 16.6. The average molecular weight is 392 g/mol. The summed E-state index contributed by atoms with van der Waals surface area (Å²) in [5, 5.41) is 12.4. The van der Waals surface area contributed by atoms with Gasteiger partial charge in [-0.3, -0.25) is 14.7 Å². The number of rotatable bonds is 3. The summed E-state index contributed by atoms with van der Waals surface area (Å²) < 4.78 is 7.19. The lowest BCUT2D eigenvalue weighted by molar-refractivity contribution is 0.145. The number of ether oxygens (including phenoxy) is 1. The summed E-state index contributed by atoms with van der Waals surface area (Å²) in [5.41, 5.74) is 14.1. The van der Waals surface area contributed by atoms with E-state index in [1.54, 1.807) is 4.90 Å². The number of hydrogen-bond donors (Lipinski definition) is 2. The highest BCUT2D eigenvalue weighted by Gasteiger charge is 2.32. The molecule has 8 heteroatoms. The first-order chi connectivity index (χ1) is 14.0. The number of aryl methyl sites for hydroxylation is 3. The van der Waals surface area contributed by atoms with E-state index >= 15 is 0 Å². The lowest BCUT2D eigenvalue weighted by Crippen LogP contribution is -2.27. The molecule has 0 radical (unpaired) electrons. The molecular formula is C21H24N6O2. The third-order valence-corrected chi connectivity index (χ3v) is 5.79. The Morgan fingerprint density at radius 1 is 1.31 bits per heavy atom. The molecule has 3 heterocycles. The van der Waals surface area contributed by atoms with Crippen LogP contribution in [0.5, 0.6) is 0 Å². The van der Waals surface area contributed by atoms with Crippen LogP contribution in [0, 0.1) is 6.92 Å². The van der Waals surface area contributed by atoms with Gasteiger partial charge in [0.1, 0.15) is 11.8 Å². The number of amides is 1. The van der Waals surface area contributed by atoms with Crippen molar-refractivity contribution >= 4 is 11.8 Å². The Balaban J connectivity index is 1.54. The Bertz CT molecular complexity index is 1100. The van der Waals surface area contributed by atoms with Gasteiger partial charge in [0.15, 0.2) is 0 Å². The number of carbonyl (C=O) groups excluding carboxylic acids is 1. The molecule has 1 aliphatic heterocycles. The first kappa shape index (κ1) is 17.9. The van der Waals surface area contributed by atoms with Crippen LogP contribution in [0.25, 0.3) is 22.6 Å². The maximum Gasteiger partial charge on any atom is 0.414 e. The summed E-state index contributed by atoms with van der Waals surface area (Å²) in [4.78, 5) is 13.9. The summed E-state index contributed by atoms with van der Waals surface area (Å²) in [6.07, 6.45) is 2.33. The number of nitrogens with zero attached hydrogens (tertiary/aromatic N) is 4. The van der Waals surface area contributed by atoms with Crippen molar-refractivity contribution < 1.29 is 9.53 Å². The molecular weight excluding hydrogens is 368 g/mol. The smallest absolute Gasteiger partial charge is 0.414 e. The summed E-state index contributed by atoms with van der Waals surface area (Å²) in [6.45, 7) is 2.82. The molecule has 0 spiro atoms. The predicted octanol–water partition coefficient (Wildman–Crippen LogP) is 2.56. The van der Waals surface area contributed by atoms with Gasteiger partial charge in [-0.2, -0.15) is 10.2 Å². The van der Waals surface area contributed by atoms with Crippen LogP contribution in [-0.4, -0.2) is 45.3 Å². The zero-order chi connectivity index (χ0) is 20.1. The van der Waals surface area contributed by atoms with Crippen molar-refractivity contribution in [3.05, 3.63) is 41.1 Å². The van der Waals surface area contributed by atoms with Gasteiger partial charge in [-0.1, -0.05) is 6.07 Å². The van der Waals surface area contributed by atoms with E-state index in [0.29, 0.717) is 13.1 Å². The van der Waals surface area contributed by atoms with Crippen LogP contribution in [0.3, 0.4) is 0 Å². The highest BCUT2D eigenvalue weighted by Crippen LogP contribution is 2.38. The minimum Gasteiger partial charge on any atom is -0.443 e. The number of hydrogen-bond acceptors (Lipinski definition) is 5. The number of cyclic esters (lactones) is 1. The summed E-state index contributed by atoms with van der Waals surface area (Å²) in [6, 6.07) is 8.22. The largest absolute Gasteiger partial charge is 0.443 e. The van der Waals surface area contributed by atoms with Crippen LogP contribution in [-0.2, 0) is 24.6 Å². The number of aromatic nitrogens is 4. The Morgan fingerprint density at radius 2 is 2.17 bits per heavy atom. The van der Waals surface area contributed by atoms with Crippen LogP contribution >= 0.6 is 0 Å². The third-order valence-electron chi connectivity index (χ3n) is 5.79. The van der Waals surface area contributed by atoms with Gasteiger partial charge in [0, 0.05) is 30.4 Å². The van der Waals surface area contributed by atoms with Gasteiger partial charge in [-0.05, 0) is 49.9 Å². The first-order valence-electron chi connectivity index (χ1n) is 9.95. The normalized spacial score (nSPS) is 18.4. The van der Waals surface area contributed by atoms with Gasteiger partial charge in [0.05, 0.1) is 23.6 Å². The number of nitrogens with one attached hydrogen (secondary N) is 1. The third kappa shape index (κ3) is 2.91. The van der Waals surface area contributed by atoms with Gasteiger partial charge >= 0.3 is 6.09 Å². The van der Waals surface area contributed by atoms with E-state index in [1.807, 2.05) is 24.7 Å². The molecule has 2 aromatic heterocycles. The van der Waals surface area contributed by atoms with E-state index in [1.165, 1.54) is 11.1 Å². The lowest BCUT2D eigenvalue weighted by atomic mass is 10.0. The second-order valence-corrected chi connectivity index (χ2v) is 7.77. The van der Waals surface area contributed by atoms with E-state index < -0.39 is 0 Å². The standard InChI is InChI=1S/C21H24N6O2/c1-12-8-18(26(2)25-12)20-17-5-3-4-13-9-14(6-7-16(13)19(17)23-24-20)27-11-15(10-22)29-21(27)28/h6-9,15H,3-5,10-11,22H2,1-2H3,(H,23,24). The molecule has 0 bridgehead atoms. The summed E-state index contributed by atoms with van der Waals surface area (Å²) in [7, 11) is 1.95. The van der Waals surface area contributed by atoms with E-state index in [0.717, 1.165) is 53.3 Å². The number of aromatic amines is 1. The fraction of sp³-hybridized carbons (Fsp3) is 0.381. The maximum absolute atomic E-state index is 12.2. The van der Waals surface area contributed by atoms with Crippen LogP contribution in [0.2, 0.25) is 0 Å². The van der Waals surface area contributed by atoms with E-state index in [-0.39, 0.29) is 12.2 Å². The van der Waals surface area contributed by atoms with Crippen molar-refractivity contribution in [2.45, 2.75) is 32.3 Å². The lowest BCUT2D eigenvalue weighted by Gasteiger charge is -2.16. The molecule has 150 valence electrons. The molecule has 2 aliphatic rings. The Morgan fingerprint density at radius 3 is 2.90 bits per heavy atom. The Labute approximate surface area is 168 Å². The highest BCUT2D eigenvalue weighted by atomic mass is 16.6. The van der Waals surface area contributed by atoms with Gasteiger partial charge < -0.3 is 10.5 Å². The minimum atomic E-state index is -0.329. The molecule has 1 saturated heterocycles. The number of benzene rings is 1. The van der Waals surface area contributed by atoms with Gasteiger partial charge in [0.25, 0.3) is 0 Å². The number of fused-ring (bicyclic) bond motifs is 3. The molecule has 1 fully saturated rings. The number of anilines is 1. The van der Waals surface area contributed by atoms with E-state index in [9.17, 15) is 4.79 Å². The first-order valence-corrected chi connectivity index (χ1v) is 9.95. The number of H-pyrrole nitrogens is 1. The van der Waals surface area contributed by atoms with Crippen LogP contribution in [0.15, 0.2) is 24.3 Å². The van der Waals surface area contributed by atoms with Crippen LogP contribution < -0.4 is 10.6 Å². The fourth-order valence-corrected chi connectivity index (χ4v) is 4.38. The van der Waals surface area contributed by atoms with E-state index in [2.05, 4.69) is 33.5 Å². The van der Waals surface area contributed by atoms with Gasteiger partial charge in [-0.15, -0.1) is 0 Å². The molecule has 5 rings (SSSR count). The van der Waals surface area contributed by atoms with Crippen LogP contribution in [0.1, 0.15) is 23.2 Å². The SMILES string of the molecule is Cc1cc(-c2n[nH]c3c2CCCc2cc(N4CC(CN)OC4=O)ccc2-3)n(C)n1. The molecule has 1 unspecified atom stereocenters. The molecule has 3 N–H and O–H groups in total. The Hall–Kier alpha value is -3.13. The number of nitrogens with two attached hydrogens (primary N) is 1. The molecule has 29 heavy (non-hydrogen) atoms. The molecule has 3 aromatic rings. The molecule has 1 aromatic carbocycles. The quantitative estimate of drug-likeness (QED) is 0.713. The van der Waals surface area contributed by atoms with Crippen molar-refractivity contribution in [3.8, 4) is 22.6 Å². The van der Waals surface area contributed by atoms with Crippen molar-refractivity contribution in [2.24, 2.45) is 12.8 Å². The second kappa shape index (κ2) is 6.73. The van der Waals surface area contributed by atoms with Crippen molar-refractivity contribution in [2.75, 3.05) is 18.0 Å². The molecule has 8 nitrogen and oxygen atoms in total. The summed E-state index contributed by atoms with van der Waals surface area (Å²) in [5.74, 6) is 0. The monoisotopic (exact) mass is 392 g/mol. The summed E-state index contributed by atoms with van der Waals surface area (Å²) >= 11 is 0. The van der Waals surface area contributed by atoms with Crippen LogP contribution in [0.4, 0.5) is 10.5 Å². The zero-order valence-corrected chi connectivity index (χ0v) is 16.6. The fourth-order valence-electron chi connectivity index (χ4n) is 4.38. The average Bonchev–Trinajstić information content (AvgIpc) is 3.35. The molecule has 1 amide bonds. The predicted molar refractivity (Wildman–Crippen MR) is 110 cm³/mol. The van der Waals surface area contributed by atoms with Crippen molar-refractivity contribution in [1.82, 2.24) is 20.0 Å². The van der Waals surface area contributed by atoms with E-state index in [4.69, 9.17) is 10.5 Å². The Kier molecular flexibility index (Phi) is 4.16. The molecule has 1 atom stereocenters. The maximum atomic E-state index is 12.2. The van der Waals surface area contributed by atoms with Gasteiger partial charge in [-0.25, -0.2) is 4.79 Å². The minimum absolute atomic E-state index is 0.245. The van der Waals surface area contributed by atoms with Crippen molar-refractivity contribution in [1.29, 1.82) is 0 Å². The van der Waals surface area contributed by atoms with Crippen molar-refractivity contribution in [3.63, 3.8) is 0 Å². The topological polar surface area (TPSA) is 102 Å². The number of carbonyl (C=O) groups is 1. The second-order valence-electron chi connectivity index (χ2n) is 7.77. The molecule has 1 aliphatic carbocycles.